The molecule has 0 aromatic carbocycles. The zero-order chi connectivity index (χ0) is 10.9. The Kier molecular flexibility index (Phi) is 6.17. The fourth-order valence-corrected chi connectivity index (χ4v) is 1.85. The van der Waals surface area contributed by atoms with Crippen LogP contribution in [0.2, 0.25) is 0 Å². The predicted octanol–water partition coefficient (Wildman–Crippen LogP) is 3.38. The molecule has 1 heterocycles. The van der Waals surface area contributed by atoms with Gasteiger partial charge in [-0.2, -0.15) is 0 Å². The molecule has 2 nitrogen and oxygen atoms in total. The van der Waals surface area contributed by atoms with Crippen molar-refractivity contribution in [1.29, 1.82) is 0 Å². The lowest BCUT2D eigenvalue weighted by Gasteiger charge is -2.14. The van der Waals surface area contributed by atoms with Gasteiger partial charge in [0.1, 0.15) is 5.76 Å². The summed E-state index contributed by atoms with van der Waals surface area (Å²) in [6.07, 6.45) is 9.23. The first-order valence-corrected chi connectivity index (χ1v) is 6.06. The Hall–Kier alpha value is -0.760. The lowest BCUT2D eigenvalue weighted by atomic mass is 10.0. The second kappa shape index (κ2) is 7.52. The molecule has 15 heavy (non-hydrogen) atoms. The summed E-state index contributed by atoms with van der Waals surface area (Å²) in [6, 6.07) is 4.65. The first-order chi connectivity index (χ1) is 7.36. The number of aryl methyl sites for hydroxylation is 1. The number of hydrogen-bond donors (Lipinski definition) is 1. The average Bonchev–Trinajstić information content (AvgIpc) is 2.76. The number of furan rings is 1. The van der Waals surface area contributed by atoms with E-state index >= 15 is 0 Å². The quantitative estimate of drug-likeness (QED) is 0.664. The molecule has 0 bridgehead atoms. The van der Waals surface area contributed by atoms with Crippen molar-refractivity contribution in [2.75, 3.05) is 7.05 Å². The molecule has 86 valence electrons. The van der Waals surface area contributed by atoms with Gasteiger partial charge in [-0.25, -0.2) is 0 Å². The summed E-state index contributed by atoms with van der Waals surface area (Å²) in [5.74, 6) is 1.10. The lowest BCUT2D eigenvalue weighted by molar-refractivity contribution is 0.434. The molecule has 0 spiro atoms. The molecule has 1 N–H and O–H groups in total. The standard InChI is InChI=1S/C13H23NO/c1-3-4-5-7-12(14-2)9-10-13-8-6-11-15-13/h6,8,11-12,14H,3-5,7,9-10H2,1-2H3. The van der Waals surface area contributed by atoms with Gasteiger partial charge in [-0.05, 0) is 32.0 Å². The number of rotatable bonds is 8. The van der Waals surface area contributed by atoms with Crippen molar-refractivity contribution >= 4 is 0 Å². The van der Waals surface area contributed by atoms with Crippen LogP contribution in [-0.4, -0.2) is 13.1 Å². The van der Waals surface area contributed by atoms with Gasteiger partial charge in [-0.3, -0.25) is 0 Å². The van der Waals surface area contributed by atoms with Crippen LogP contribution in [0, 0.1) is 0 Å². The minimum Gasteiger partial charge on any atom is -0.469 e. The van der Waals surface area contributed by atoms with Gasteiger partial charge in [0.15, 0.2) is 0 Å². The van der Waals surface area contributed by atoms with E-state index in [1.165, 1.54) is 32.1 Å². The van der Waals surface area contributed by atoms with Crippen LogP contribution in [-0.2, 0) is 6.42 Å². The van der Waals surface area contributed by atoms with E-state index in [4.69, 9.17) is 4.42 Å². The maximum atomic E-state index is 5.33. The van der Waals surface area contributed by atoms with E-state index in [0.29, 0.717) is 6.04 Å². The van der Waals surface area contributed by atoms with Gasteiger partial charge < -0.3 is 9.73 Å². The summed E-state index contributed by atoms with van der Waals surface area (Å²) in [5, 5.41) is 3.38. The molecule has 1 atom stereocenters. The molecular formula is C13H23NO. The van der Waals surface area contributed by atoms with Crippen molar-refractivity contribution in [3.63, 3.8) is 0 Å². The van der Waals surface area contributed by atoms with Gasteiger partial charge in [0.2, 0.25) is 0 Å². The minimum atomic E-state index is 0.640. The molecule has 1 aromatic heterocycles. The molecule has 0 radical (unpaired) electrons. The molecule has 0 saturated heterocycles. The van der Waals surface area contributed by atoms with E-state index in [1.54, 1.807) is 6.26 Å². The van der Waals surface area contributed by atoms with E-state index in [2.05, 4.69) is 25.4 Å². The molecule has 0 aliphatic heterocycles. The number of unbranched alkanes of at least 4 members (excludes halogenated alkanes) is 2. The van der Waals surface area contributed by atoms with Crippen LogP contribution in [0.4, 0.5) is 0 Å². The summed E-state index contributed by atoms with van der Waals surface area (Å²) in [4.78, 5) is 0. The normalized spacial score (nSPS) is 12.9. The highest BCUT2D eigenvalue weighted by atomic mass is 16.3. The van der Waals surface area contributed by atoms with Gasteiger partial charge in [-0.15, -0.1) is 0 Å². The van der Waals surface area contributed by atoms with Crippen LogP contribution in [0.15, 0.2) is 22.8 Å². The number of nitrogens with one attached hydrogen (secondary N) is 1. The van der Waals surface area contributed by atoms with Crippen LogP contribution < -0.4 is 5.32 Å². The molecule has 0 aliphatic carbocycles. The average molecular weight is 209 g/mol. The van der Waals surface area contributed by atoms with Gasteiger partial charge in [-0.1, -0.05) is 26.2 Å². The fourth-order valence-electron chi connectivity index (χ4n) is 1.85. The maximum Gasteiger partial charge on any atom is 0.103 e. The highest BCUT2D eigenvalue weighted by Gasteiger charge is 2.06. The smallest absolute Gasteiger partial charge is 0.103 e. The Balaban J connectivity index is 2.16. The predicted molar refractivity (Wildman–Crippen MR) is 64.0 cm³/mol. The van der Waals surface area contributed by atoms with Crippen LogP contribution >= 0.6 is 0 Å². The van der Waals surface area contributed by atoms with Crippen LogP contribution in [0.1, 0.15) is 44.8 Å². The molecule has 1 rings (SSSR count). The Bertz CT molecular complexity index is 231. The summed E-state index contributed by atoms with van der Waals surface area (Å²) in [6.45, 7) is 2.25. The zero-order valence-corrected chi connectivity index (χ0v) is 9.96. The first-order valence-electron chi connectivity index (χ1n) is 6.06. The summed E-state index contributed by atoms with van der Waals surface area (Å²) < 4.78 is 5.33. The van der Waals surface area contributed by atoms with Crippen molar-refractivity contribution in [2.24, 2.45) is 0 Å². The summed E-state index contributed by atoms with van der Waals surface area (Å²) >= 11 is 0. The van der Waals surface area contributed by atoms with E-state index in [1.807, 2.05) is 6.07 Å². The monoisotopic (exact) mass is 209 g/mol. The summed E-state index contributed by atoms with van der Waals surface area (Å²) in [7, 11) is 2.05. The molecule has 2 heteroatoms. The van der Waals surface area contributed by atoms with Gasteiger partial charge in [0.25, 0.3) is 0 Å². The van der Waals surface area contributed by atoms with Crippen molar-refractivity contribution < 1.29 is 4.42 Å². The lowest BCUT2D eigenvalue weighted by Crippen LogP contribution is -2.25. The highest BCUT2D eigenvalue weighted by Crippen LogP contribution is 2.10. The number of hydrogen-bond acceptors (Lipinski definition) is 2. The Morgan fingerprint density at radius 2 is 2.20 bits per heavy atom. The molecule has 1 unspecified atom stereocenters. The molecule has 1 aromatic rings. The Morgan fingerprint density at radius 1 is 1.33 bits per heavy atom. The summed E-state index contributed by atoms with van der Waals surface area (Å²) in [5.41, 5.74) is 0. The van der Waals surface area contributed by atoms with Gasteiger partial charge >= 0.3 is 0 Å². The molecule has 0 saturated carbocycles. The first kappa shape index (κ1) is 12.3. The van der Waals surface area contributed by atoms with Crippen LogP contribution in [0.25, 0.3) is 0 Å². The van der Waals surface area contributed by atoms with Gasteiger partial charge in [0, 0.05) is 12.5 Å². The maximum absolute atomic E-state index is 5.33. The van der Waals surface area contributed by atoms with Gasteiger partial charge in [0.05, 0.1) is 6.26 Å². The third kappa shape index (κ3) is 5.03. The molecular weight excluding hydrogens is 186 g/mol. The van der Waals surface area contributed by atoms with Crippen LogP contribution in [0.5, 0.6) is 0 Å². The third-order valence-corrected chi connectivity index (χ3v) is 2.88. The van der Waals surface area contributed by atoms with E-state index in [0.717, 1.165) is 12.2 Å². The molecule has 0 amide bonds. The second-order valence-corrected chi connectivity index (χ2v) is 4.10. The Morgan fingerprint density at radius 3 is 2.80 bits per heavy atom. The van der Waals surface area contributed by atoms with E-state index < -0.39 is 0 Å². The fraction of sp³-hybridized carbons (Fsp3) is 0.692. The third-order valence-electron chi connectivity index (χ3n) is 2.88. The van der Waals surface area contributed by atoms with Crippen molar-refractivity contribution in [1.82, 2.24) is 5.32 Å². The molecule has 0 aliphatic rings. The van der Waals surface area contributed by atoms with Crippen molar-refractivity contribution in [3.05, 3.63) is 24.2 Å². The second-order valence-electron chi connectivity index (χ2n) is 4.10. The van der Waals surface area contributed by atoms with Crippen LogP contribution in [0.3, 0.4) is 0 Å². The zero-order valence-electron chi connectivity index (χ0n) is 9.96. The SMILES string of the molecule is CCCCCC(CCc1ccco1)NC. The van der Waals surface area contributed by atoms with Crippen molar-refractivity contribution in [2.45, 2.75) is 51.5 Å². The van der Waals surface area contributed by atoms with Crippen molar-refractivity contribution in [3.8, 4) is 0 Å². The van der Waals surface area contributed by atoms with E-state index in [9.17, 15) is 0 Å². The topological polar surface area (TPSA) is 25.2 Å². The van der Waals surface area contributed by atoms with E-state index in [-0.39, 0.29) is 0 Å². The minimum absolute atomic E-state index is 0.640. The molecule has 0 fully saturated rings. The highest BCUT2D eigenvalue weighted by molar-refractivity contribution is 4.98. The largest absolute Gasteiger partial charge is 0.469 e. The Labute approximate surface area is 93.1 Å².